The summed E-state index contributed by atoms with van der Waals surface area (Å²) in [5.41, 5.74) is 2.03. The number of fused-ring (bicyclic) bond motifs is 1. The van der Waals surface area contributed by atoms with E-state index in [-0.39, 0.29) is 12.5 Å². The highest BCUT2D eigenvalue weighted by Crippen LogP contribution is 2.36. The Balaban J connectivity index is 1.51. The molecule has 2 aromatic carbocycles. The molecule has 166 valence electrons. The van der Waals surface area contributed by atoms with E-state index >= 15 is 0 Å². The Morgan fingerprint density at radius 3 is 2.53 bits per heavy atom. The van der Waals surface area contributed by atoms with Crippen LogP contribution in [0, 0.1) is 0 Å². The minimum atomic E-state index is -0.994. The lowest BCUT2D eigenvalue weighted by Gasteiger charge is -2.21. The number of benzene rings is 2. The van der Waals surface area contributed by atoms with Crippen LogP contribution in [0.2, 0.25) is 0 Å². The molecule has 1 saturated heterocycles. The fraction of sp³-hybridized carbons (Fsp3) is 0.318. The number of anilines is 2. The van der Waals surface area contributed by atoms with E-state index in [2.05, 4.69) is 15.7 Å². The summed E-state index contributed by atoms with van der Waals surface area (Å²) in [6.07, 6.45) is 0.762. The van der Waals surface area contributed by atoms with Gasteiger partial charge in [0.2, 0.25) is 5.91 Å². The van der Waals surface area contributed by atoms with Crippen LogP contribution in [-0.4, -0.2) is 55.6 Å². The van der Waals surface area contributed by atoms with Gasteiger partial charge in [0.05, 0.1) is 19.9 Å². The normalized spacial score (nSPS) is 19.3. The smallest absolute Gasteiger partial charge is 0.263 e. The van der Waals surface area contributed by atoms with Crippen LogP contribution in [0.1, 0.15) is 12.5 Å². The first kappa shape index (κ1) is 21.3. The molecule has 32 heavy (non-hydrogen) atoms. The molecule has 2 atom stereocenters. The lowest BCUT2D eigenvalue weighted by molar-refractivity contribution is -0.123. The van der Waals surface area contributed by atoms with Gasteiger partial charge >= 0.3 is 0 Å². The Hall–Kier alpha value is -3.95. The second kappa shape index (κ2) is 8.66. The SMILES string of the molecule is CCc1ccccc1NC(=O)CN1N=N[C@@H]2C(=O)N(c3ccc(OC)c(OC)c3)C(=O)[C@H]21. The van der Waals surface area contributed by atoms with E-state index in [0.29, 0.717) is 22.9 Å². The number of carbonyl (C=O) groups excluding carboxylic acids is 3. The number of amides is 3. The number of carbonyl (C=O) groups is 3. The van der Waals surface area contributed by atoms with Crippen LogP contribution in [0.3, 0.4) is 0 Å². The largest absolute Gasteiger partial charge is 0.493 e. The molecule has 0 spiro atoms. The van der Waals surface area contributed by atoms with Gasteiger partial charge in [-0.2, -0.15) is 5.11 Å². The third kappa shape index (κ3) is 3.64. The zero-order valence-electron chi connectivity index (χ0n) is 17.9. The van der Waals surface area contributed by atoms with E-state index < -0.39 is 23.9 Å². The van der Waals surface area contributed by atoms with Gasteiger partial charge in [-0.3, -0.25) is 19.4 Å². The van der Waals surface area contributed by atoms with Crippen molar-refractivity contribution in [3.63, 3.8) is 0 Å². The van der Waals surface area contributed by atoms with Gasteiger partial charge < -0.3 is 14.8 Å². The van der Waals surface area contributed by atoms with Crippen LogP contribution < -0.4 is 19.7 Å². The van der Waals surface area contributed by atoms with Gasteiger partial charge in [0, 0.05) is 11.8 Å². The number of ether oxygens (including phenoxy) is 2. The standard InChI is InChI=1S/C22H23N5O5/c1-4-13-7-5-6-8-15(13)23-18(28)12-26-20-19(24-25-26)21(29)27(22(20)30)14-9-10-16(31-2)17(11-14)32-3/h5-11,19-20H,4,12H2,1-3H3,(H,23,28)/t19-,20-/m0/s1. The molecule has 2 heterocycles. The van der Waals surface area contributed by atoms with Crippen LogP contribution in [0.25, 0.3) is 0 Å². The Morgan fingerprint density at radius 2 is 1.81 bits per heavy atom. The summed E-state index contributed by atoms with van der Waals surface area (Å²) in [7, 11) is 2.96. The highest BCUT2D eigenvalue weighted by molar-refractivity contribution is 6.25. The third-order valence-corrected chi connectivity index (χ3v) is 5.46. The Morgan fingerprint density at radius 1 is 1.06 bits per heavy atom. The van der Waals surface area contributed by atoms with E-state index in [1.54, 1.807) is 18.2 Å². The number of hydrogen-bond acceptors (Lipinski definition) is 8. The summed E-state index contributed by atoms with van der Waals surface area (Å²) in [6, 6.07) is 10.3. The van der Waals surface area contributed by atoms with Crippen LogP contribution >= 0.6 is 0 Å². The number of aryl methyl sites for hydroxylation is 1. The van der Waals surface area contributed by atoms with E-state index in [9.17, 15) is 14.4 Å². The lowest BCUT2D eigenvalue weighted by atomic mass is 10.1. The first-order valence-corrected chi connectivity index (χ1v) is 10.1. The number of hydrogen-bond donors (Lipinski definition) is 1. The monoisotopic (exact) mass is 437 g/mol. The van der Waals surface area contributed by atoms with Crippen LogP contribution in [0.15, 0.2) is 52.8 Å². The lowest BCUT2D eigenvalue weighted by Crippen LogP contribution is -2.43. The van der Waals surface area contributed by atoms with E-state index in [4.69, 9.17) is 9.47 Å². The zero-order chi connectivity index (χ0) is 22.8. The summed E-state index contributed by atoms with van der Waals surface area (Å²) in [6.45, 7) is 1.79. The fourth-order valence-electron chi connectivity index (χ4n) is 3.86. The topological polar surface area (TPSA) is 113 Å². The van der Waals surface area contributed by atoms with Gasteiger partial charge in [0.25, 0.3) is 11.8 Å². The average Bonchev–Trinajstić information content (AvgIpc) is 3.32. The van der Waals surface area contributed by atoms with Crippen molar-refractivity contribution in [2.24, 2.45) is 10.3 Å². The van der Waals surface area contributed by atoms with Gasteiger partial charge in [-0.1, -0.05) is 30.3 Å². The predicted octanol–water partition coefficient (Wildman–Crippen LogP) is 2.20. The van der Waals surface area contributed by atoms with Crippen molar-refractivity contribution < 1.29 is 23.9 Å². The summed E-state index contributed by atoms with van der Waals surface area (Å²) in [5, 5.41) is 12.0. The molecule has 0 saturated carbocycles. The summed E-state index contributed by atoms with van der Waals surface area (Å²) in [4.78, 5) is 39.7. The van der Waals surface area contributed by atoms with Crippen molar-refractivity contribution in [2.75, 3.05) is 31.0 Å². The first-order valence-electron chi connectivity index (χ1n) is 10.1. The van der Waals surface area contributed by atoms with Gasteiger partial charge in [-0.15, -0.1) is 0 Å². The van der Waals surface area contributed by atoms with Crippen molar-refractivity contribution in [3.8, 4) is 11.5 Å². The molecule has 10 nitrogen and oxygen atoms in total. The number of nitrogens with one attached hydrogen (secondary N) is 1. The van der Waals surface area contributed by atoms with Crippen molar-refractivity contribution in [1.29, 1.82) is 0 Å². The van der Waals surface area contributed by atoms with Gasteiger partial charge in [0.15, 0.2) is 23.6 Å². The van der Waals surface area contributed by atoms with E-state index in [0.717, 1.165) is 16.9 Å². The number of imide groups is 1. The maximum absolute atomic E-state index is 13.1. The molecule has 10 heteroatoms. The number of rotatable bonds is 7. The molecule has 0 radical (unpaired) electrons. The summed E-state index contributed by atoms with van der Waals surface area (Å²) in [5.74, 6) is -0.500. The molecular formula is C22H23N5O5. The van der Waals surface area contributed by atoms with E-state index in [1.165, 1.54) is 19.2 Å². The number of methoxy groups -OCH3 is 2. The number of nitrogens with zero attached hydrogens (tertiary/aromatic N) is 4. The molecule has 0 unspecified atom stereocenters. The molecule has 1 N–H and O–H groups in total. The second-order valence-electron chi connectivity index (χ2n) is 7.30. The van der Waals surface area contributed by atoms with Gasteiger partial charge in [0.1, 0.15) is 6.54 Å². The van der Waals surface area contributed by atoms with Crippen molar-refractivity contribution in [2.45, 2.75) is 25.4 Å². The molecule has 1 fully saturated rings. The highest BCUT2D eigenvalue weighted by Gasteiger charge is 2.55. The molecule has 0 aromatic heterocycles. The average molecular weight is 437 g/mol. The molecule has 2 aromatic rings. The summed E-state index contributed by atoms with van der Waals surface area (Å²) < 4.78 is 10.5. The quantitative estimate of drug-likeness (QED) is 0.665. The van der Waals surface area contributed by atoms with Crippen LogP contribution in [0.5, 0.6) is 11.5 Å². The molecule has 2 aliphatic rings. The molecule has 3 amide bonds. The maximum atomic E-state index is 13.1. The number of para-hydroxylation sites is 1. The van der Waals surface area contributed by atoms with Crippen molar-refractivity contribution >= 4 is 29.1 Å². The van der Waals surface area contributed by atoms with Crippen LogP contribution in [0.4, 0.5) is 11.4 Å². The highest BCUT2D eigenvalue weighted by atomic mass is 16.5. The Kier molecular flexibility index (Phi) is 5.76. The molecule has 0 bridgehead atoms. The van der Waals surface area contributed by atoms with E-state index in [1.807, 2.05) is 31.2 Å². The molecule has 2 aliphatic heterocycles. The zero-order valence-corrected chi connectivity index (χ0v) is 17.9. The summed E-state index contributed by atoms with van der Waals surface area (Å²) >= 11 is 0. The third-order valence-electron chi connectivity index (χ3n) is 5.46. The fourth-order valence-corrected chi connectivity index (χ4v) is 3.86. The van der Waals surface area contributed by atoms with Crippen molar-refractivity contribution in [1.82, 2.24) is 5.01 Å². The minimum absolute atomic E-state index is 0.207. The predicted molar refractivity (Wildman–Crippen MR) is 116 cm³/mol. The minimum Gasteiger partial charge on any atom is -0.493 e. The Bertz CT molecular complexity index is 1100. The Labute approximate surface area is 184 Å². The van der Waals surface area contributed by atoms with Crippen molar-refractivity contribution in [3.05, 3.63) is 48.0 Å². The van der Waals surface area contributed by atoms with Gasteiger partial charge in [-0.25, -0.2) is 4.90 Å². The molecular weight excluding hydrogens is 414 g/mol. The maximum Gasteiger partial charge on any atom is 0.263 e. The van der Waals surface area contributed by atoms with Crippen LogP contribution in [-0.2, 0) is 20.8 Å². The molecule has 0 aliphatic carbocycles. The van der Waals surface area contributed by atoms with Gasteiger partial charge in [-0.05, 0) is 30.2 Å². The first-order chi connectivity index (χ1) is 15.5. The second-order valence-corrected chi connectivity index (χ2v) is 7.30. The molecule has 4 rings (SSSR count).